The van der Waals surface area contributed by atoms with E-state index >= 15 is 0 Å². The van der Waals surface area contributed by atoms with Gasteiger partial charge in [0.2, 0.25) is 0 Å². The largest absolute Gasteiger partial charge is 0.392 e. The minimum Gasteiger partial charge on any atom is -0.392 e. The molecule has 1 aromatic carbocycles. The third kappa shape index (κ3) is 3.74. The first kappa shape index (κ1) is 14.4. The van der Waals surface area contributed by atoms with Gasteiger partial charge in [0.1, 0.15) is 5.82 Å². The number of thioether (sulfide) groups is 1. The van der Waals surface area contributed by atoms with E-state index in [1.165, 1.54) is 0 Å². The monoisotopic (exact) mass is 278 g/mol. The van der Waals surface area contributed by atoms with Crippen LogP contribution in [-0.4, -0.2) is 31.3 Å². The van der Waals surface area contributed by atoms with Crippen LogP contribution in [0.25, 0.3) is 11.0 Å². The van der Waals surface area contributed by atoms with Crippen molar-refractivity contribution in [1.82, 2.24) is 9.55 Å². The summed E-state index contributed by atoms with van der Waals surface area (Å²) in [6.45, 7) is 6.50. The number of aryl methyl sites for hydroxylation is 1. The normalized spacial score (nSPS) is 13.9. The zero-order chi connectivity index (χ0) is 14.0. The Morgan fingerprint density at radius 2 is 2.00 bits per heavy atom. The predicted octanol–water partition coefficient (Wildman–Crippen LogP) is 3.01. The van der Waals surface area contributed by atoms with Gasteiger partial charge in [-0.2, -0.15) is 11.8 Å². The minimum atomic E-state index is -0.347. The molecule has 0 bridgehead atoms. The zero-order valence-electron chi connectivity index (χ0n) is 12.1. The van der Waals surface area contributed by atoms with Gasteiger partial charge in [-0.25, -0.2) is 4.98 Å². The van der Waals surface area contributed by atoms with Crippen LogP contribution in [0.2, 0.25) is 0 Å². The maximum absolute atomic E-state index is 10.1. The maximum Gasteiger partial charge on any atom is 0.112 e. The Kier molecular flexibility index (Phi) is 4.21. The number of hydrogen-bond donors (Lipinski definition) is 1. The van der Waals surface area contributed by atoms with E-state index < -0.39 is 0 Å². The topological polar surface area (TPSA) is 38.0 Å². The van der Waals surface area contributed by atoms with Crippen molar-refractivity contribution in [3.63, 3.8) is 0 Å². The molecule has 2 aromatic rings. The van der Waals surface area contributed by atoms with Gasteiger partial charge >= 0.3 is 0 Å². The first-order chi connectivity index (χ1) is 8.87. The van der Waals surface area contributed by atoms with Crippen molar-refractivity contribution in [2.24, 2.45) is 7.05 Å². The molecule has 3 nitrogen and oxygen atoms in total. The predicted molar refractivity (Wildman–Crippen MR) is 82.6 cm³/mol. The molecule has 1 heterocycles. The quantitative estimate of drug-likeness (QED) is 0.934. The smallest absolute Gasteiger partial charge is 0.112 e. The van der Waals surface area contributed by atoms with Crippen LogP contribution in [0.4, 0.5) is 0 Å². The van der Waals surface area contributed by atoms with Gasteiger partial charge in [0, 0.05) is 24.0 Å². The van der Waals surface area contributed by atoms with Gasteiger partial charge in [-0.15, -0.1) is 0 Å². The second kappa shape index (κ2) is 5.55. The highest BCUT2D eigenvalue weighted by Gasteiger charge is 2.16. The lowest BCUT2D eigenvalue weighted by Crippen LogP contribution is -2.20. The van der Waals surface area contributed by atoms with E-state index in [1.807, 2.05) is 25.2 Å². The van der Waals surface area contributed by atoms with E-state index in [0.29, 0.717) is 6.42 Å². The third-order valence-corrected chi connectivity index (χ3v) is 4.42. The molecule has 0 radical (unpaired) electrons. The van der Waals surface area contributed by atoms with E-state index in [4.69, 9.17) is 0 Å². The SMILES string of the molecule is Cn1c(CC(O)CSC(C)(C)C)nc2ccccc21. The third-order valence-electron chi connectivity index (χ3n) is 3.01. The number of aliphatic hydroxyl groups is 1. The number of nitrogens with zero attached hydrogens (tertiary/aromatic N) is 2. The first-order valence-corrected chi connectivity index (χ1v) is 7.58. The Bertz CT molecular complexity index is 557. The lowest BCUT2D eigenvalue weighted by molar-refractivity contribution is 0.196. The fraction of sp³-hybridized carbons (Fsp3) is 0.533. The Hall–Kier alpha value is -1.00. The molecule has 0 amide bonds. The molecule has 19 heavy (non-hydrogen) atoms. The van der Waals surface area contributed by atoms with Crippen molar-refractivity contribution in [3.05, 3.63) is 30.1 Å². The number of fused-ring (bicyclic) bond motifs is 1. The molecule has 1 unspecified atom stereocenters. The summed E-state index contributed by atoms with van der Waals surface area (Å²) < 4.78 is 2.26. The molecule has 4 heteroatoms. The van der Waals surface area contributed by atoms with Crippen LogP contribution < -0.4 is 0 Å². The van der Waals surface area contributed by atoms with Gasteiger partial charge < -0.3 is 9.67 Å². The van der Waals surface area contributed by atoms with Crippen molar-refractivity contribution in [2.45, 2.75) is 38.0 Å². The highest BCUT2D eigenvalue weighted by atomic mass is 32.2. The Labute approximate surface area is 119 Å². The van der Waals surface area contributed by atoms with Crippen molar-refractivity contribution in [2.75, 3.05) is 5.75 Å². The van der Waals surface area contributed by atoms with Gasteiger partial charge in [0.25, 0.3) is 0 Å². The molecular weight excluding hydrogens is 256 g/mol. The lowest BCUT2D eigenvalue weighted by atomic mass is 10.2. The molecule has 1 N–H and O–H groups in total. The van der Waals surface area contributed by atoms with Crippen LogP contribution in [0.5, 0.6) is 0 Å². The summed E-state index contributed by atoms with van der Waals surface area (Å²) in [7, 11) is 2.01. The molecule has 0 aliphatic rings. The Morgan fingerprint density at radius 3 is 2.63 bits per heavy atom. The average molecular weight is 278 g/mol. The number of para-hydroxylation sites is 2. The molecule has 0 fully saturated rings. The van der Waals surface area contributed by atoms with E-state index in [-0.39, 0.29) is 10.9 Å². The zero-order valence-corrected chi connectivity index (χ0v) is 12.9. The number of aromatic nitrogens is 2. The number of aliphatic hydroxyl groups excluding tert-OH is 1. The first-order valence-electron chi connectivity index (χ1n) is 6.59. The highest BCUT2D eigenvalue weighted by molar-refractivity contribution is 8.00. The summed E-state index contributed by atoms with van der Waals surface area (Å²) in [4.78, 5) is 4.59. The average Bonchev–Trinajstić information content (AvgIpc) is 2.64. The molecule has 1 aromatic heterocycles. The molecule has 0 saturated carbocycles. The van der Waals surface area contributed by atoms with Gasteiger partial charge in [0.15, 0.2) is 0 Å². The van der Waals surface area contributed by atoms with Crippen molar-refractivity contribution in [3.8, 4) is 0 Å². The van der Waals surface area contributed by atoms with E-state index in [1.54, 1.807) is 11.8 Å². The summed E-state index contributed by atoms with van der Waals surface area (Å²) in [5, 5.41) is 10.1. The minimum absolute atomic E-state index is 0.188. The molecule has 0 aliphatic carbocycles. The van der Waals surface area contributed by atoms with E-state index in [0.717, 1.165) is 22.6 Å². The van der Waals surface area contributed by atoms with E-state index in [2.05, 4.69) is 36.4 Å². The van der Waals surface area contributed by atoms with Crippen LogP contribution >= 0.6 is 11.8 Å². The summed E-state index contributed by atoms with van der Waals surface area (Å²) in [6, 6.07) is 8.07. The molecule has 2 rings (SSSR count). The van der Waals surface area contributed by atoms with Crippen LogP contribution in [-0.2, 0) is 13.5 Å². The second-order valence-corrected chi connectivity index (χ2v) is 7.70. The lowest BCUT2D eigenvalue weighted by Gasteiger charge is -2.19. The summed E-state index contributed by atoms with van der Waals surface area (Å²) >= 11 is 1.79. The number of rotatable bonds is 4. The van der Waals surface area contributed by atoms with E-state index in [9.17, 15) is 5.11 Å². The fourth-order valence-electron chi connectivity index (χ4n) is 1.99. The van der Waals surface area contributed by atoms with Gasteiger partial charge in [-0.05, 0) is 12.1 Å². The van der Waals surface area contributed by atoms with Gasteiger partial charge in [0.05, 0.1) is 17.1 Å². The van der Waals surface area contributed by atoms with Crippen molar-refractivity contribution < 1.29 is 5.11 Å². The molecule has 1 atom stereocenters. The number of benzene rings is 1. The van der Waals surface area contributed by atoms with Gasteiger partial charge in [-0.1, -0.05) is 32.9 Å². The standard InChI is InChI=1S/C15H22N2OS/c1-15(2,3)19-10-11(18)9-14-16-12-7-5-6-8-13(12)17(14)4/h5-8,11,18H,9-10H2,1-4H3. The fourth-order valence-corrected chi connectivity index (χ4v) is 2.80. The van der Waals surface area contributed by atoms with Crippen LogP contribution in [0.1, 0.15) is 26.6 Å². The molecule has 104 valence electrons. The Balaban J connectivity index is 2.07. The molecular formula is C15H22N2OS. The summed E-state index contributed by atoms with van der Waals surface area (Å²) in [5.41, 5.74) is 2.11. The van der Waals surface area contributed by atoms with Crippen LogP contribution in [0, 0.1) is 0 Å². The maximum atomic E-state index is 10.1. The number of imidazole rings is 1. The van der Waals surface area contributed by atoms with Crippen LogP contribution in [0.3, 0.4) is 0 Å². The highest BCUT2D eigenvalue weighted by Crippen LogP contribution is 2.24. The summed E-state index contributed by atoms with van der Waals surface area (Å²) in [6.07, 6.45) is 0.258. The summed E-state index contributed by atoms with van der Waals surface area (Å²) in [5.74, 6) is 1.69. The van der Waals surface area contributed by atoms with Crippen molar-refractivity contribution in [1.29, 1.82) is 0 Å². The molecule has 0 saturated heterocycles. The van der Waals surface area contributed by atoms with Gasteiger partial charge in [-0.3, -0.25) is 0 Å². The van der Waals surface area contributed by atoms with Crippen molar-refractivity contribution >= 4 is 22.8 Å². The molecule has 0 aliphatic heterocycles. The second-order valence-electron chi connectivity index (χ2n) is 5.86. The Morgan fingerprint density at radius 1 is 1.32 bits per heavy atom. The molecule has 0 spiro atoms. The van der Waals surface area contributed by atoms with Crippen LogP contribution in [0.15, 0.2) is 24.3 Å². The number of hydrogen-bond acceptors (Lipinski definition) is 3.